The van der Waals surface area contributed by atoms with Gasteiger partial charge in [0.25, 0.3) is 0 Å². The third kappa shape index (κ3) is 6.58. The molecule has 1 fully saturated rings. The predicted molar refractivity (Wildman–Crippen MR) is 102 cm³/mol. The number of halogens is 1. The second kappa shape index (κ2) is 8.98. The summed E-state index contributed by atoms with van der Waals surface area (Å²) in [4.78, 5) is 11.9. The fraction of sp³-hybridized carbons (Fsp3) is 0.588. The molecule has 1 heterocycles. The Labute approximate surface area is 156 Å². The number of carbonyl (C=O) groups excluding carboxylic acids is 1. The number of rotatable bonds is 7. The number of carbonyl (C=O) groups is 1. The maximum absolute atomic E-state index is 12.2. The molecule has 1 aliphatic heterocycles. The van der Waals surface area contributed by atoms with E-state index < -0.39 is 10.0 Å². The lowest BCUT2D eigenvalue weighted by Gasteiger charge is -2.27. The SMILES string of the molecule is CC(C)(C)c1ccc(S(=O)(=O)NCCC(=O)NCC2CNC2)cc1.Cl. The van der Waals surface area contributed by atoms with Gasteiger partial charge in [-0.25, -0.2) is 13.1 Å². The van der Waals surface area contributed by atoms with E-state index in [1.54, 1.807) is 12.1 Å². The van der Waals surface area contributed by atoms with Gasteiger partial charge in [-0.1, -0.05) is 32.9 Å². The van der Waals surface area contributed by atoms with Crippen LogP contribution in [-0.2, 0) is 20.2 Å². The molecule has 3 N–H and O–H groups in total. The standard InChI is InChI=1S/C17H27N3O3S.ClH/c1-17(2,3)14-4-6-15(7-5-14)24(22,23)20-9-8-16(21)19-12-13-10-18-11-13;/h4-7,13,18,20H,8-12H2,1-3H3,(H,19,21);1H. The fourth-order valence-corrected chi connectivity index (χ4v) is 3.39. The Bertz CT molecular complexity index is 665. The Morgan fingerprint density at radius 1 is 1.20 bits per heavy atom. The number of amides is 1. The van der Waals surface area contributed by atoms with Crippen LogP contribution in [0.2, 0.25) is 0 Å². The zero-order valence-corrected chi connectivity index (χ0v) is 16.6. The van der Waals surface area contributed by atoms with Gasteiger partial charge in [-0.15, -0.1) is 12.4 Å². The van der Waals surface area contributed by atoms with Gasteiger partial charge < -0.3 is 10.6 Å². The van der Waals surface area contributed by atoms with Gasteiger partial charge in [-0.3, -0.25) is 4.79 Å². The first-order valence-corrected chi connectivity index (χ1v) is 9.74. The van der Waals surface area contributed by atoms with Crippen molar-refractivity contribution in [3.63, 3.8) is 0 Å². The summed E-state index contributed by atoms with van der Waals surface area (Å²) in [6, 6.07) is 6.86. The quantitative estimate of drug-likeness (QED) is 0.658. The molecule has 0 aromatic heterocycles. The number of benzene rings is 1. The Balaban J connectivity index is 0.00000312. The van der Waals surface area contributed by atoms with E-state index in [0.717, 1.165) is 18.7 Å². The van der Waals surface area contributed by atoms with Crippen molar-refractivity contribution < 1.29 is 13.2 Å². The van der Waals surface area contributed by atoms with E-state index in [9.17, 15) is 13.2 Å². The summed E-state index contributed by atoms with van der Waals surface area (Å²) in [5.41, 5.74) is 1.05. The summed E-state index contributed by atoms with van der Waals surface area (Å²) in [5, 5.41) is 5.96. The molecular formula is C17H28ClN3O3S. The molecule has 8 heteroatoms. The third-order valence-corrected chi connectivity index (χ3v) is 5.61. The molecule has 1 aliphatic rings. The highest BCUT2D eigenvalue weighted by Gasteiger charge is 2.19. The van der Waals surface area contributed by atoms with Crippen LogP contribution in [0.1, 0.15) is 32.8 Å². The number of hydrogen-bond acceptors (Lipinski definition) is 4. The van der Waals surface area contributed by atoms with E-state index in [-0.39, 0.29) is 41.6 Å². The van der Waals surface area contributed by atoms with Gasteiger partial charge in [0.05, 0.1) is 4.90 Å². The average molecular weight is 390 g/mol. The van der Waals surface area contributed by atoms with Crippen LogP contribution < -0.4 is 15.4 Å². The summed E-state index contributed by atoms with van der Waals surface area (Å²) in [6.07, 6.45) is 0.138. The molecule has 1 aromatic carbocycles. The molecule has 1 aromatic rings. The minimum Gasteiger partial charge on any atom is -0.356 e. The Hall–Kier alpha value is -1.15. The molecule has 142 valence electrons. The minimum absolute atomic E-state index is 0. The lowest BCUT2D eigenvalue weighted by Crippen LogP contribution is -2.48. The first-order valence-electron chi connectivity index (χ1n) is 8.26. The van der Waals surface area contributed by atoms with Gasteiger partial charge in [0.1, 0.15) is 0 Å². The Morgan fingerprint density at radius 3 is 2.28 bits per heavy atom. The van der Waals surface area contributed by atoms with E-state index in [1.807, 2.05) is 12.1 Å². The van der Waals surface area contributed by atoms with Crippen molar-refractivity contribution in [2.75, 3.05) is 26.2 Å². The van der Waals surface area contributed by atoms with Gasteiger partial charge >= 0.3 is 0 Å². The topological polar surface area (TPSA) is 87.3 Å². The van der Waals surface area contributed by atoms with Crippen LogP contribution in [0.3, 0.4) is 0 Å². The first-order chi connectivity index (χ1) is 11.2. The molecule has 0 bridgehead atoms. The molecule has 0 atom stereocenters. The van der Waals surface area contributed by atoms with Crippen LogP contribution >= 0.6 is 12.4 Å². The predicted octanol–water partition coefficient (Wildman–Crippen LogP) is 1.41. The van der Waals surface area contributed by atoms with E-state index in [2.05, 4.69) is 36.1 Å². The smallest absolute Gasteiger partial charge is 0.240 e. The molecule has 0 unspecified atom stereocenters. The van der Waals surface area contributed by atoms with E-state index in [4.69, 9.17) is 0 Å². The fourth-order valence-electron chi connectivity index (χ4n) is 2.36. The number of hydrogen-bond donors (Lipinski definition) is 3. The Kier molecular flexibility index (Phi) is 7.87. The van der Waals surface area contributed by atoms with Gasteiger partial charge in [-0.2, -0.15) is 0 Å². The van der Waals surface area contributed by atoms with Crippen molar-refractivity contribution >= 4 is 28.3 Å². The summed E-state index contributed by atoms with van der Waals surface area (Å²) in [7, 11) is -3.58. The molecule has 1 amide bonds. The second-order valence-corrected chi connectivity index (χ2v) is 9.02. The monoisotopic (exact) mass is 389 g/mol. The van der Waals surface area contributed by atoms with Gasteiger partial charge in [0, 0.05) is 38.5 Å². The summed E-state index contributed by atoms with van der Waals surface area (Å²) in [5.74, 6) is 0.361. The maximum atomic E-state index is 12.2. The second-order valence-electron chi connectivity index (χ2n) is 7.25. The Morgan fingerprint density at radius 2 is 1.80 bits per heavy atom. The van der Waals surface area contributed by atoms with Crippen molar-refractivity contribution in [1.29, 1.82) is 0 Å². The van der Waals surface area contributed by atoms with Gasteiger partial charge in [0.2, 0.25) is 15.9 Å². The highest BCUT2D eigenvalue weighted by atomic mass is 35.5. The van der Waals surface area contributed by atoms with E-state index >= 15 is 0 Å². The van der Waals surface area contributed by atoms with Gasteiger partial charge in [0.15, 0.2) is 0 Å². The molecule has 0 radical (unpaired) electrons. The van der Waals surface area contributed by atoms with Crippen LogP contribution in [-0.4, -0.2) is 40.5 Å². The summed E-state index contributed by atoms with van der Waals surface area (Å²) < 4.78 is 27.0. The molecule has 0 aliphatic carbocycles. The van der Waals surface area contributed by atoms with E-state index in [0.29, 0.717) is 12.5 Å². The first kappa shape index (κ1) is 21.9. The molecule has 0 spiro atoms. The lowest BCUT2D eigenvalue weighted by atomic mass is 9.87. The van der Waals surface area contributed by atoms with Crippen LogP contribution in [0.15, 0.2) is 29.2 Å². The number of nitrogens with one attached hydrogen (secondary N) is 3. The third-order valence-electron chi connectivity index (χ3n) is 4.13. The van der Waals surface area contributed by atoms with Crippen molar-refractivity contribution in [3.05, 3.63) is 29.8 Å². The summed E-state index contributed by atoms with van der Waals surface area (Å²) >= 11 is 0. The van der Waals surface area contributed by atoms with Crippen LogP contribution in [0.4, 0.5) is 0 Å². The van der Waals surface area contributed by atoms with Crippen LogP contribution in [0, 0.1) is 5.92 Å². The molecule has 2 rings (SSSR count). The molecule has 6 nitrogen and oxygen atoms in total. The largest absolute Gasteiger partial charge is 0.356 e. The molecular weight excluding hydrogens is 362 g/mol. The highest BCUT2D eigenvalue weighted by Crippen LogP contribution is 2.23. The molecule has 1 saturated heterocycles. The average Bonchev–Trinajstić information content (AvgIpc) is 2.44. The van der Waals surface area contributed by atoms with Crippen molar-refractivity contribution in [1.82, 2.24) is 15.4 Å². The minimum atomic E-state index is -3.58. The number of sulfonamides is 1. The lowest BCUT2D eigenvalue weighted by molar-refractivity contribution is -0.121. The zero-order valence-electron chi connectivity index (χ0n) is 15.0. The van der Waals surface area contributed by atoms with E-state index in [1.165, 1.54) is 0 Å². The normalized spacial score (nSPS) is 15.2. The van der Waals surface area contributed by atoms with Crippen molar-refractivity contribution in [2.45, 2.75) is 37.5 Å². The zero-order chi connectivity index (χ0) is 17.8. The highest BCUT2D eigenvalue weighted by molar-refractivity contribution is 7.89. The maximum Gasteiger partial charge on any atom is 0.240 e. The molecule has 0 saturated carbocycles. The van der Waals surface area contributed by atoms with Crippen molar-refractivity contribution in [2.24, 2.45) is 5.92 Å². The van der Waals surface area contributed by atoms with Crippen LogP contribution in [0.25, 0.3) is 0 Å². The van der Waals surface area contributed by atoms with Crippen molar-refractivity contribution in [3.8, 4) is 0 Å². The molecule has 25 heavy (non-hydrogen) atoms. The van der Waals surface area contributed by atoms with Gasteiger partial charge in [-0.05, 0) is 23.1 Å². The van der Waals surface area contributed by atoms with Crippen LogP contribution in [0.5, 0.6) is 0 Å². The summed E-state index contributed by atoms with van der Waals surface area (Å²) in [6.45, 7) is 8.83.